The van der Waals surface area contributed by atoms with Crippen molar-refractivity contribution >= 4 is 0 Å². The van der Waals surface area contributed by atoms with Gasteiger partial charge in [-0.2, -0.15) is 0 Å². The lowest BCUT2D eigenvalue weighted by atomic mass is 9.72. The van der Waals surface area contributed by atoms with Gasteiger partial charge in [0.15, 0.2) is 0 Å². The Bertz CT molecular complexity index is 370. The molecule has 0 heterocycles. The molecule has 0 fully saturated rings. The summed E-state index contributed by atoms with van der Waals surface area (Å²) in [5.41, 5.74) is 2.73. The third kappa shape index (κ3) is 3.26. The summed E-state index contributed by atoms with van der Waals surface area (Å²) in [5.74, 6) is 0.385. The Balaban J connectivity index is 3.02. The van der Waals surface area contributed by atoms with Crippen LogP contribution < -0.4 is 0 Å². The predicted molar refractivity (Wildman–Crippen MR) is 69.9 cm³/mol. The number of hydrogen-bond acceptors (Lipinski definition) is 1. The lowest BCUT2D eigenvalue weighted by molar-refractivity contribution is 0.284. The van der Waals surface area contributed by atoms with Crippen molar-refractivity contribution in [1.29, 1.82) is 0 Å². The standard InChI is InChI=1S/C15H24O/c1-11-9-12(7-8-13(11)16)15(5,6)10-14(2,3)4/h7-9,16H,10H2,1-6H3. The smallest absolute Gasteiger partial charge is 0.118 e. The van der Waals surface area contributed by atoms with Crippen LogP contribution in [0.15, 0.2) is 18.2 Å². The van der Waals surface area contributed by atoms with E-state index < -0.39 is 0 Å². The van der Waals surface area contributed by atoms with Crippen molar-refractivity contribution in [2.24, 2.45) is 5.41 Å². The molecule has 0 saturated carbocycles. The number of rotatable bonds is 2. The van der Waals surface area contributed by atoms with Gasteiger partial charge in [0, 0.05) is 0 Å². The van der Waals surface area contributed by atoms with E-state index in [1.54, 1.807) is 6.07 Å². The molecule has 1 heteroatoms. The zero-order valence-corrected chi connectivity index (χ0v) is 11.4. The van der Waals surface area contributed by atoms with Crippen molar-refractivity contribution in [3.8, 4) is 5.75 Å². The summed E-state index contributed by atoms with van der Waals surface area (Å²) in [4.78, 5) is 0. The lowest BCUT2D eigenvalue weighted by Crippen LogP contribution is -2.24. The van der Waals surface area contributed by atoms with Crippen LogP contribution >= 0.6 is 0 Å². The summed E-state index contributed by atoms with van der Waals surface area (Å²) in [6.07, 6.45) is 1.13. The molecule has 0 aliphatic carbocycles. The van der Waals surface area contributed by atoms with Gasteiger partial charge in [-0.25, -0.2) is 0 Å². The first-order valence-corrected chi connectivity index (χ1v) is 5.92. The molecular formula is C15H24O. The van der Waals surface area contributed by atoms with Crippen molar-refractivity contribution in [1.82, 2.24) is 0 Å². The first-order valence-electron chi connectivity index (χ1n) is 5.92. The number of benzene rings is 1. The summed E-state index contributed by atoms with van der Waals surface area (Å²) in [6, 6.07) is 5.93. The van der Waals surface area contributed by atoms with Crippen molar-refractivity contribution in [3.63, 3.8) is 0 Å². The minimum atomic E-state index is 0.150. The molecule has 0 aromatic heterocycles. The van der Waals surface area contributed by atoms with Crippen LogP contribution in [-0.4, -0.2) is 5.11 Å². The minimum absolute atomic E-state index is 0.150. The molecule has 1 aromatic rings. The number of aryl methyl sites for hydroxylation is 1. The molecular weight excluding hydrogens is 196 g/mol. The third-order valence-corrected chi connectivity index (χ3v) is 2.95. The molecule has 0 aliphatic rings. The van der Waals surface area contributed by atoms with Gasteiger partial charge in [-0.05, 0) is 41.4 Å². The van der Waals surface area contributed by atoms with Crippen LogP contribution in [0.5, 0.6) is 5.75 Å². The maximum absolute atomic E-state index is 9.54. The van der Waals surface area contributed by atoms with Crippen LogP contribution in [-0.2, 0) is 5.41 Å². The molecule has 0 amide bonds. The Morgan fingerprint density at radius 1 is 1.06 bits per heavy atom. The molecule has 0 atom stereocenters. The summed E-state index contributed by atoms with van der Waals surface area (Å²) in [5, 5.41) is 9.54. The van der Waals surface area contributed by atoms with E-state index >= 15 is 0 Å². The normalized spacial score (nSPS) is 12.9. The van der Waals surface area contributed by atoms with Crippen LogP contribution in [0.2, 0.25) is 0 Å². The highest BCUT2D eigenvalue weighted by molar-refractivity contribution is 5.38. The predicted octanol–water partition coefficient (Wildman–Crippen LogP) is 4.41. The van der Waals surface area contributed by atoms with Gasteiger partial charge in [-0.1, -0.05) is 46.8 Å². The van der Waals surface area contributed by atoms with Gasteiger partial charge >= 0.3 is 0 Å². The van der Waals surface area contributed by atoms with Gasteiger partial charge in [0.25, 0.3) is 0 Å². The van der Waals surface area contributed by atoms with Crippen LogP contribution in [0.25, 0.3) is 0 Å². The van der Waals surface area contributed by atoms with Crippen molar-refractivity contribution < 1.29 is 5.11 Å². The first-order chi connectivity index (χ1) is 7.12. The fourth-order valence-electron chi connectivity index (χ4n) is 2.50. The molecule has 90 valence electrons. The monoisotopic (exact) mass is 220 g/mol. The molecule has 1 nitrogen and oxygen atoms in total. The van der Waals surface area contributed by atoms with E-state index in [-0.39, 0.29) is 5.41 Å². The summed E-state index contributed by atoms with van der Waals surface area (Å²) < 4.78 is 0. The van der Waals surface area contributed by atoms with Crippen LogP contribution in [0.4, 0.5) is 0 Å². The minimum Gasteiger partial charge on any atom is -0.508 e. The van der Waals surface area contributed by atoms with E-state index in [2.05, 4.69) is 40.7 Å². The number of hydrogen-bond donors (Lipinski definition) is 1. The molecule has 0 saturated heterocycles. The molecule has 1 rings (SSSR count). The van der Waals surface area contributed by atoms with Gasteiger partial charge in [-0.15, -0.1) is 0 Å². The molecule has 0 aliphatic heterocycles. The molecule has 0 unspecified atom stereocenters. The third-order valence-electron chi connectivity index (χ3n) is 2.95. The number of aromatic hydroxyl groups is 1. The fraction of sp³-hybridized carbons (Fsp3) is 0.600. The zero-order valence-electron chi connectivity index (χ0n) is 11.4. The maximum Gasteiger partial charge on any atom is 0.118 e. The largest absolute Gasteiger partial charge is 0.508 e. The van der Waals surface area contributed by atoms with E-state index in [1.807, 2.05) is 13.0 Å². The first kappa shape index (κ1) is 13.1. The molecule has 16 heavy (non-hydrogen) atoms. The van der Waals surface area contributed by atoms with E-state index in [0.29, 0.717) is 11.2 Å². The fourth-order valence-corrected chi connectivity index (χ4v) is 2.50. The molecule has 0 spiro atoms. The second kappa shape index (κ2) is 4.12. The summed E-state index contributed by atoms with van der Waals surface area (Å²) in [6.45, 7) is 13.3. The SMILES string of the molecule is Cc1cc(C(C)(C)CC(C)(C)C)ccc1O. The highest BCUT2D eigenvalue weighted by Gasteiger charge is 2.27. The van der Waals surface area contributed by atoms with Crippen LogP contribution in [0.3, 0.4) is 0 Å². The number of phenolic OH excluding ortho intramolecular Hbond substituents is 1. The molecule has 0 bridgehead atoms. The Morgan fingerprint density at radius 2 is 1.62 bits per heavy atom. The topological polar surface area (TPSA) is 20.2 Å². The van der Waals surface area contributed by atoms with E-state index in [4.69, 9.17) is 0 Å². The second-order valence-corrected chi connectivity index (χ2v) is 6.62. The van der Waals surface area contributed by atoms with Crippen LogP contribution in [0, 0.1) is 12.3 Å². The summed E-state index contributed by atoms with van der Waals surface area (Å²) >= 11 is 0. The van der Waals surface area contributed by atoms with E-state index in [9.17, 15) is 5.11 Å². The van der Waals surface area contributed by atoms with Crippen LogP contribution in [0.1, 0.15) is 52.2 Å². The van der Waals surface area contributed by atoms with E-state index in [1.165, 1.54) is 5.56 Å². The molecule has 1 aromatic carbocycles. The Morgan fingerprint density at radius 3 is 2.06 bits per heavy atom. The summed E-state index contributed by atoms with van der Waals surface area (Å²) in [7, 11) is 0. The highest BCUT2D eigenvalue weighted by Crippen LogP contribution is 2.37. The van der Waals surface area contributed by atoms with Crippen molar-refractivity contribution in [2.45, 2.75) is 53.4 Å². The average Bonchev–Trinajstić information content (AvgIpc) is 2.05. The van der Waals surface area contributed by atoms with Gasteiger partial charge in [0.2, 0.25) is 0 Å². The van der Waals surface area contributed by atoms with Gasteiger partial charge < -0.3 is 5.11 Å². The quantitative estimate of drug-likeness (QED) is 0.782. The maximum atomic E-state index is 9.54. The molecule has 0 radical (unpaired) electrons. The van der Waals surface area contributed by atoms with Gasteiger partial charge in [0.05, 0.1) is 0 Å². The van der Waals surface area contributed by atoms with Gasteiger partial charge in [-0.3, -0.25) is 0 Å². The van der Waals surface area contributed by atoms with E-state index in [0.717, 1.165) is 12.0 Å². The van der Waals surface area contributed by atoms with Crippen molar-refractivity contribution in [2.75, 3.05) is 0 Å². The van der Waals surface area contributed by atoms with Crippen molar-refractivity contribution in [3.05, 3.63) is 29.3 Å². The Kier molecular flexibility index (Phi) is 3.37. The average molecular weight is 220 g/mol. The Hall–Kier alpha value is -0.980. The number of phenols is 1. The second-order valence-electron chi connectivity index (χ2n) is 6.62. The highest BCUT2D eigenvalue weighted by atomic mass is 16.3. The molecule has 1 N–H and O–H groups in total. The van der Waals surface area contributed by atoms with Gasteiger partial charge in [0.1, 0.15) is 5.75 Å². The zero-order chi connectivity index (χ0) is 12.6. The lowest BCUT2D eigenvalue weighted by Gasteiger charge is -2.33. The Labute approximate surface area is 99.5 Å².